The van der Waals surface area contributed by atoms with E-state index in [1.54, 1.807) is 18.4 Å². The lowest BCUT2D eigenvalue weighted by Crippen LogP contribution is -2.18. The Hall–Kier alpha value is -1.43. The molecule has 5 heteroatoms. The third-order valence-electron chi connectivity index (χ3n) is 3.19. The Morgan fingerprint density at radius 3 is 2.86 bits per heavy atom. The van der Waals surface area contributed by atoms with Crippen LogP contribution in [0.15, 0.2) is 29.6 Å². The van der Waals surface area contributed by atoms with Crippen LogP contribution in [-0.4, -0.2) is 30.6 Å². The standard InChI is InChI=1S/C16H23N3OS/c1-4-17-9-16-18-14(12-21-16)11-19(2)10-13-7-5-6-8-15(13)20-3/h5-8,12,17H,4,9-11H2,1-3H3. The van der Waals surface area contributed by atoms with Crippen molar-refractivity contribution in [1.82, 2.24) is 15.2 Å². The van der Waals surface area contributed by atoms with Gasteiger partial charge in [0.2, 0.25) is 0 Å². The minimum atomic E-state index is 0.848. The molecule has 0 fully saturated rings. The van der Waals surface area contributed by atoms with Gasteiger partial charge in [0.1, 0.15) is 10.8 Å². The van der Waals surface area contributed by atoms with Gasteiger partial charge in [-0.15, -0.1) is 11.3 Å². The number of benzene rings is 1. The molecule has 0 saturated heterocycles. The topological polar surface area (TPSA) is 37.4 Å². The molecular weight excluding hydrogens is 282 g/mol. The number of nitrogens with zero attached hydrogens (tertiary/aromatic N) is 2. The number of methoxy groups -OCH3 is 1. The van der Waals surface area contributed by atoms with Crippen LogP contribution in [0, 0.1) is 0 Å². The van der Waals surface area contributed by atoms with Gasteiger partial charge in [-0.3, -0.25) is 4.90 Å². The summed E-state index contributed by atoms with van der Waals surface area (Å²) in [6, 6.07) is 8.15. The maximum Gasteiger partial charge on any atom is 0.123 e. The van der Waals surface area contributed by atoms with Crippen LogP contribution in [0.5, 0.6) is 5.75 Å². The summed E-state index contributed by atoms with van der Waals surface area (Å²) < 4.78 is 5.40. The molecule has 1 aromatic carbocycles. The van der Waals surface area contributed by atoms with Crippen LogP contribution in [0.1, 0.15) is 23.2 Å². The number of hydrogen-bond acceptors (Lipinski definition) is 5. The Morgan fingerprint density at radius 1 is 1.29 bits per heavy atom. The average Bonchev–Trinajstić information content (AvgIpc) is 2.93. The quantitative estimate of drug-likeness (QED) is 0.814. The smallest absolute Gasteiger partial charge is 0.123 e. The molecule has 0 saturated carbocycles. The number of nitrogens with one attached hydrogen (secondary N) is 1. The summed E-state index contributed by atoms with van der Waals surface area (Å²) in [5.41, 5.74) is 2.33. The van der Waals surface area contributed by atoms with Gasteiger partial charge in [0.25, 0.3) is 0 Å². The number of thiazole rings is 1. The lowest BCUT2D eigenvalue weighted by Gasteiger charge is -2.17. The lowest BCUT2D eigenvalue weighted by atomic mass is 10.2. The van der Waals surface area contributed by atoms with E-state index in [0.29, 0.717) is 0 Å². The molecule has 2 rings (SSSR count). The van der Waals surface area contributed by atoms with E-state index in [-0.39, 0.29) is 0 Å². The Labute approximate surface area is 130 Å². The summed E-state index contributed by atoms with van der Waals surface area (Å²) in [6.45, 7) is 5.64. The van der Waals surface area contributed by atoms with E-state index in [1.807, 2.05) is 18.2 Å². The van der Waals surface area contributed by atoms with Gasteiger partial charge in [-0.2, -0.15) is 0 Å². The second-order valence-corrected chi connectivity index (χ2v) is 5.94. The van der Waals surface area contributed by atoms with Gasteiger partial charge in [0, 0.05) is 30.6 Å². The second kappa shape index (κ2) is 8.12. The number of para-hydroxylation sites is 1. The number of hydrogen-bond donors (Lipinski definition) is 1. The molecule has 21 heavy (non-hydrogen) atoms. The second-order valence-electron chi connectivity index (χ2n) is 5.00. The fourth-order valence-corrected chi connectivity index (χ4v) is 2.95. The molecule has 2 aromatic rings. The molecule has 1 N–H and O–H groups in total. The van der Waals surface area contributed by atoms with Crippen LogP contribution in [0.4, 0.5) is 0 Å². The molecule has 0 aliphatic heterocycles. The van der Waals surface area contributed by atoms with Crippen LogP contribution in [0.25, 0.3) is 0 Å². The van der Waals surface area contributed by atoms with E-state index in [1.165, 1.54) is 5.56 Å². The zero-order valence-electron chi connectivity index (χ0n) is 12.9. The van der Waals surface area contributed by atoms with Crippen LogP contribution in [-0.2, 0) is 19.6 Å². The van der Waals surface area contributed by atoms with Gasteiger partial charge >= 0.3 is 0 Å². The highest BCUT2D eigenvalue weighted by Gasteiger charge is 2.08. The first kappa shape index (κ1) is 15.9. The minimum absolute atomic E-state index is 0.848. The van der Waals surface area contributed by atoms with Gasteiger partial charge in [0.15, 0.2) is 0 Å². The van der Waals surface area contributed by atoms with E-state index < -0.39 is 0 Å². The fraction of sp³-hybridized carbons (Fsp3) is 0.438. The summed E-state index contributed by atoms with van der Waals surface area (Å²) in [5.74, 6) is 0.940. The maximum absolute atomic E-state index is 5.40. The van der Waals surface area contributed by atoms with Crippen LogP contribution in [0.2, 0.25) is 0 Å². The molecule has 0 unspecified atom stereocenters. The Kier molecular flexibility index (Phi) is 6.17. The predicted molar refractivity (Wildman–Crippen MR) is 87.7 cm³/mol. The van der Waals surface area contributed by atoms with Gasteiger partial charge in [0.05, 0.1) is 12.8 Å². The van der Waals surface area contributed by atoms with Gasteiger partial charge in [-0.25, -0.2) is 4.98 Å². The van der Waals surface area contributed by atoms with Crippen LogP contribution >= 0.6 is 11.3 Å². The highest BCUT2D eigenvalue weighted by molar-refractivity contribution is 7.09. The molecule has 0 bridgehead atoms. The molecule has 0 aliphatic carbocycles. The third-order valence-corrected chi connectivity index (χ3v) is 4.09. The maximum atomic E-state index is 5.40. The van der Waals surface area contributed by atoms with Crippen LogP contribution in [0.3, 0.4) is 0 Å². The van der Waals surface area contributed by atoms with Gasteiger partial charge in [-0.05, 0) is 19.7 Å². The van der Waals surface area contributed by atoms with Crippen molar-refractivity contribution in [2.45, 2.75) is 26.6 Å². The van der Waals surface area contributed by atoms with Gasteiger partial charge < -0.3 is 10.1 Å². The van der Waals surface area contributed by atoms with Crippen molar-refractivity contribution >= 4 is 11.3 Å². The van der Waals surface area contributed by atoms with E-state index in [0.717, 1.165) is 42.6 Å². The predicted octanol–water partition coefficient (Wildman–Crippen LogP) is 2.89. The van der Waals surface area contributed by atoms with Crippen molar-refractivity contribution in [3.8, 4) is 5.75 Å². The summed E-state index contributed by atoms with van der Waals surface area (Å²) in [4.78, 5) is 6.91. The molecular formula is C16H23N3OS. The molecule has 1 heterocycles. The zero-order chi connectivity index (χ0) is 15.1. The first-order chi connectivity index (χ1) is 10.2. The molecule has 4 nitrogen and oxygen atoms in total. The monoisotopic (exact) mass is 305 g/mol. The van der Waals surface area contributed by atoms with E-state index in [2.05, 4.69) is 40.6 Å². The van der Waals surface area contributed by atoms with E-state index in [4.69, 9.17) is 4.74 Å². The fourth-order valence-electron chi connectivity index (χ4n) is 2.19. The SMILES string of the molecule is CCNCc1nc(CN(C)Cc2ccccc2OC)cs1. The molecule has 0 atom stereocenters. The van der Waals surface area contributed by atoms with E-state index >= 15 is 0 Å². The van der Waals surface area contributed by atoms with E-state index in [9.17, 15) is 0 Å². The number of rotatable bonds is 8. The summed E-state index contributed by atoms with van der Waals surface area (Å²) in [6.07, 6.45) is 0. The number of aromatic nitrogens is 1. The van der Waals surface area contributed by atoms with Crippen LogP contribution < -0.4 is 10.1 Å². The van der Waals surface area contributed by atoms with Crippen molar-refractivity contribution in [2.24, 2.45) is 0 Å². The normalized spacial score (nSPS) is 11.0. The Balaban J connectivity index is 1.92. The highest BCUT2D eigenvalue weighted by atomic mass is 32.1. The average molecular weight is 305 g/mol. The van der Waals surface area contributed by atoms with Gasteiger partial charge in [-0.1, -0.05) is 25.1 Å². The minimum Gasteiger partial charge on any atom is -0.496 e. The Morgan fingerprint density at radius 2 is 2.10 bits per heavy atom. The van der Waals surface area contributed by atoms with Crippen molar-refractivity contribution < 1.29 is 4.74 Å². The molecule has 0 spiro atoms. The van der Waals surface area contributed by atoms with Crippen molar-refractivity contribution in [3.63, 3.8) is 0 Å². The van der Waals surface area contributed by atoms with Crippen molar-refractivity contribution in [2.75, 3.05) is 20.7 Å². The van der Waals surface area contributed by atoms with Crippen molar-refractivity contribution in [3.05, 3.63) is 45.9 Å². The van der Waals surface area contributed by atoms with Crippen molar-refractivity contribution in [1.29, 1.82) is 0 Å². The highest BCUT2D eigenvalue weighted by Crippen LogP contribution is 2.20. The summed E-state index contributed by atoms with van der Waals surface area (Å²) >= 11 is 1.72. The molecule has 0 aliphatic rings. The first-order valence-electron chi connectivity index (χ1n) is 7.17. The molecule has 0 amide bonds. The molecule has 0 radical (unpaired) electrons. The summed E-state index contributed by atoms with van der Waals surface area (Å²) in [5, 5.41) is 6.60. The number of ether oxygens (including phenoxy) is 1. The third kappa shape index (κ3) is 4.81. The Bertz CT molecular complexity index is 556. The summed E-state index contributed by atoms with van der Waals surface area (Å²) in [7, 11) is 3.82. The first-order valence-corrected chi connectivity index (χ1v) is 8.05. The molecule has 114 valence electrons. The molecule has 1 aromatic heterocycles. The zero-order valence-corrected chi connectivity index (χ0v) is 13.7. The largest absolute Gasteiger partial charge is 0.496 e. The lowest BCUT2D eigenvalue weighted by molar-refractivity contribution is 0.307.